The second-order valence-corrected chi connectivity index (χ2v) is 7.95. The number of amides is 1. The summed E-state index contributed by atoms with van der Waals surface area (Å²) < 4.78 is 29.3. The first-order valence-corrected chi connectivity index (χ1v) is 9.52. The maximum atomic E-state index is 12.5. The van der Waals surface area contributed by atoms with Gasteiger partial charge in [-0.1, -0.05) is 6.07 Å². The van der Waals surface area contributed by atoms with Crippen molar-refractivity contribution in [2.75, 3.05) is 31.8 Å². The summed E-state index contributed by atoms with van der Waals surface area (Å²) in [6, 6.07) is 4.92. The van der Waals surface area contributed by atoms with E-state index in [1.807, 2.05) is 6.92 Å². The summed E-state index contributed by atoms with van der Waals surface area (Å²) in [5, 5.41) is 2.80. The normalized spacial score (nSPS) is 18.9. The number of ether oxygens (including phenoxy) is 1. The van der Waals surface area contributed by atoms with Gasteiger partial charge in [0, 0.05) is 18.8 Å². The van der Waals surface area contributed by atoms with Crippen LogP contribution in [0.1, 0.15) is 28.8 Å². The molecule has 132 valence electrons. The lowest BCUT2D eigenvalue weighted by atomic mass is 9.98. The molecule has 1 saturated heterocycles. The molecule has 1 amide bonds. The highest BCUT2D eigenvalue weighted by atomic mass is 32.2. The number of benzene rings is 1. The molecule has 24 heavy (non-hydrogen) atoms. The monoisotopic (exact) mass is 354 g/mol. The highest BCUT2D eigenvalue weighted by Gasteiger charge is 2.30. The minimum atomic E-state index is -3.30. The number of hydrogen-bond acceptors (Lipinski definition) is 5. The lowest BCUT2D eigenvalue weighted by molar-refractivity contribution is -0.120. The number of nitrogens with one attached hydrogen (secondary N) is 1. The Balaban J connectivity index is 2.13. The third-order valence-corrected chi connectivity index (χ3v) is 5.41. The standard InChI is InChI=1S/C16H22N2O5S/c1-11-6-7-12(16(20)23-2)9-14(11)17-15(19)13-5-4-8-18(10-13)24(3,21)22/h6-7,9,13H,4-5,8,10H2,1-3H3,(H,17,19)/t13-/m1/s1. The van der Waals surface area contributed by atoms with Gasteiger partial charge in [-0.15, -0.1) is 0 Å². The molecule has 1 fully saturated rings. The number of carbonyl (C=O) groups is 2. The zero-order valence-corrected chi connectivity index (χ0v) is 14.9. The van der Waals surface area contributed by atoms with E-state index in [1.165, 1.54) is 11.4 Å². The van der Waals surface area contributed by atoms with E-state index in [2.05, 4.69) is 10.1 Å². The van der Waals surface area contributed by atoms with Gasteiger partial charge in [-0.05, 0) is 37.5 Å². The number of rotatable bonds is 4. The highest BCUT2D eigenvalue weighted by Crippen LogP contribution is 2.23. The van der Waals surface area contributed by atoms with E-state index in [0.717, 1.165) is 11.8 Å². The Morgan fingerprint density at radius 3 is 2.67 bits per heavy atom. The summed E-state index contributed by atoms with van der Waals surface area (Å²) in [5.41, 5.74) is 1.69. The highest BCUT2D eigenvalue weighted by molar-refractivity contribution is 7.88. The molecule has 1 aliphatic rings. The molecular weight excluding hydrogens is 332 g/mol. The minimum absolute atomic E-state index is 0.181. The van der Waals surface area contributed by atoms with E-state index in [9.17, 15) is 18.0 Å². The van der Waals surface area contributed by atoms with Crippen LogP contribution in [-0.2, 0) is 19.6 Å². The van der Waals surface area contributed by atoms with E-state index in [4.69, 9.17) is 0 Å². The van der Waals surface area contributed by atoms with Crippen LogP contribution in [0.3, 0.4) is 0 Å². The predicted molar refractivity (Wildman–Crippen MR) is 90.3 cm³/mol. The van der Waals surface area contributed by atoms with Gasteiger partial charge < -0.3 is 10.1 Å². The van der Waals surface area contributed by atoms with E-state index in [1.54, 1.807) is 18.2 Å². The number of sulfonamides is 1. The zero-order chi connectivity index (χ0) is 17.9. The Hall–Kier alpha value is -1.93. The van der Waals surface area contributed by atoms with Gasteiger partial charge in [0.1, 0.15) is 0 Å². The van der Waals surface area contributed by atoms with Crippen LogP contribution >= 0.6 is 0 Å². The quantitative estimate of drug-likeness (QED) is 0.825. The second kappa shape index (κ2) is 7.31. The van der Waals surface area contributed by atoms with Crippen LogP contribution in [0.2, 0.25) is 0 Å². The van der Waals surface area contributed by atoms with Crippen LogP contribution in [0.5, 0.6) is 0 Å². The molecule has 1 aromatic rings. The fourth-order valence-electron chi connectivity index (χ4n) is 2.69. The molecule has 8 heteroatoms. The number of methoxy groups -OCH3 is 1. The van der Waals surface area contributed by atoms with Crippen molar-refractivity contribution < 1.29 is 22.7 Å². The summed E-state index contributed by atoms with van der Waals surface area (Å²) in [4.78, 5) is 24.1. The van der Waals surface area contributed by atoms with Crippen LogP contribution in [0.4, 0.5) is 5.69 Å². The van der Waals surface area contributed by atoms with Gasteiger partial charge in [0.25, 0.3) is 0 Å². The fourth-order valence-corrected chi connectivity index (χ4v) is 3.61. The SMILES string of the molecule is COC(=O)c1ccc(C)c(NC(=O)[C@@H]2CCCN(S(C)(=O)=O)C2)c1. The average Bonchev–Trinajstić information content (AvgIpc) is 2.55. The number of nitrogens with zero attached hydrogens (tertiary/aromatic N) is 1. The topological polar surface area (TPSA) is 92.8 Å². The molecule has 0 aromatic heterocycles. The molecule has 1 aliphatic heterocycles. The number of piperidine rings is 1. The van der Waals surface area contributed by atoms with Crippen LogP contribution in [0, 0.1) is 12.8 Å². The molecule has 0 aliphatic carbocycles. The number of aryl methyl sites for hydroxylation is 1. The maximum absolute atomic E-state index is 12.5. The van der Waals surface area contributed by atoms with E-state index < -0.39 is 21.9 Å². The van der Waals surface area contributed by atoms with Crippen molar-refractivity contribution >= 4 is 27.6 Å². The number of carbonyl (C=O) groups excluding carboxylic acids is 2. The first-order valence-electron chi connectivity index (χ1n) is 7.67. The Morgan fingerprint density at radius 2 is 2.04 bits per heavy atom. The minimum Gasteiger partial charge on any atom is -0.465 e. The number of anilines is 1. The lowest BCUT2D eigenvalue weighted by Gasteiger charge is -2.30. The van der Waals surface area contributed by atoms with Crippen molar-refractivity contribution in [2.24, 2.45) is 5.92 Å². The summed E-state index contributed by atoms with van der Waals surface area (Å²) >= 11 is 0. The summed E-state index contributed by atoms with van der Waals surface area (Å²) in [6.45, 7) is 2.44. The van der Waals surface area contributed by atoms with Crippen molar-refractivity contribution in [3.63, 3.8) is 0 Å². The van der Waals surface area contributed by atoms with Crippen molar-refractivity contribution in [3.8, 4) is 0 Å². The molecule has 0 saturated carbocycles. The molecule has 0 spiro atoms. The largest absolute Gasteiger partial charge is 0.465 e. The first kappa shape index (κ1) is 18.4. The second-order valence-electron chi connectivity index (χ2n) is 5.97. The molecule has 1 N–H and O–H groups in total. The first-order chi connectivity index (χ1) is 11.2. The molecule has 1 aromatic carbocycles. The van der Waals surface area contributed by atoms with Crippen LogP contribution in [0.15, 0.2) is 18.2 Å². The summed E-state index contributed by atoms with van der Waals surface area (Å²) in [7, 11) is -2.01. The van der Waals surface area contributed by atoms with E-state index in [-0.39, 0.29) is 12.5 Å². The van der Waals surface area contributed by atoms with Crippen LogP contribution < -0.4 is 5.32 Å². The van der Waals surface area contributed by atoms with Gasteiger partial charge in [0.05, 0.1) is 24.8 Å². The van der Waals surface area contributed by atoms with Crippen LogP contribution in [0.25, 0.3) is 0 Å². The van der Waals surface area contributed by atoms with Crippen molar-refractivity contribution in [3.05, 3.63) is 29.3 Å². The molecule has 0 radical (unpaired) electrons. The molecule has 0 unspecified atom stereocenters. The van der Waals surface area contributed by atoms with E-state index in [0.29, 0.717) is 30.6 Å². The van der Waals surface area contributed by atoms with Crippen molar-refractivity contribution in [1.82, 2.24) is 4.31 Å². The Bertz CT molecular complexity index is 745. The van der Waals surface area contributed by atoms with Crippen LogP contribution in [-0.4, -0.2) is 51.1 Å². The number of esters is 1. The smallest absolute Gasteiger partial charge is 0.337 e. The van der Waals surface area contributed by atoms with Gasteiger partial charge in [-0.2, -0.15) is 0 Å². The van der Waals surface area contributed by atoms with Gasteiger partial charge >= 0.3 is 5.97 Å². The third kappa shape index (κ3) is 4.33. The Labute approximate surface area is 142 Å². The zero-order valence-electron chi connectivity index (χ0n) is 14.0. The van der Waals surface area contributed by atoms with Crippen molar-refractivity contribution in [2.45, 2.75) is 19.8 Å². The molecule has 1 atom stereocenters. The van der Waals surface area contributed by atoms with Gasteiger partial charge in [0.2, 0.25) is 15.9 Å². The summed E-state index contributed by atoms with van der Waals surface area (Å²) in [6.07, 6.45) is 2.43. The molecular formula is C16H22N2O5S. The summed E-state index contributed by atoms with van der Waals surface area (Å²) in [5.74, 6) is -1.13. The molecule has 2 rings (SSSR count). The van der Waals surface area contributed by atoms with Crippen molar-refractivity contribution in [1.29, 1.82) is 0 Å². The van der Waals surface area contributed by atoms with Gasteiger partial charge in [-0.25, -0.2) is 17.5 Å². The Morgan fingerprint density at radius 1 is 1.33 bits per heavy atom. The molecule has 0 bridgehead atoms. The number of hydrogen-bond donors (Lipinski definition) is 1. The molecule has 7 nitrogen and oxygen atoms in total. The van der Waals surface area contributed by atoms with E-state index >= 15 is 0 Å². The third-order valence-electron chi connectivity index (χ3n) is 4.14. The Kier molecular flexibility index (Phi) is 5.61. The fraction of sp³-hybridized carbons (Fsp3) is 0.500. The predicted octanol–water partition coefficient (Wildman–Crippen LogP) is 1.39. The lowest BCUT2D eigenvalue weighted by Crippen LogP contribution is -2.43. The average molecular weight is 354 g/mol. The molecule has 1 heterocycles. The maximum Gasteiger partial charge on any atom is 0.337 e. The van der Waals surface area contributed by atoms with Gasteiger partial charge in [0.15, 0.2) is 0 Å². The van der Waals surface area contributed by atoms with Gasteiger partial charge in [-0.3, -0.25) is 4.79 Å².